The summed E-state index contributed by atoms with van der Waals surface area (Å²) >= 11 is 1.22. The minimum Gasteiger partial charge on any atom is -0.462 e. The third-order valence-corrected chi connectivity index (χ3v) is 7.46. The zero-order valence-corrected chi connectivity index (χ0v) is 23.8. The van der Waals surface area contributed by atoms with Gasteiger partial charge in [-0.3, -0.25) is 9.59 Å². The molecule has 41 heavy (non-hydrogen) atoms. The average Bonchev–Trinajstić information content (AvgIpc) is 2.97. The number of hydrogen-bond donors (Lipinski definition) is 3. The SMILES string of the molecule is CCOC(=O)c1ccc(NC(=O)C2=C(C)NC(SCC(=O)Nc3ccccc3C)=C(C#N)[C@H]2c2ccccc2)cc1. The average molecular weight is 567 g/mol. The van der Waals surface area contributed by atoms with Crippen LogP contribution in [0.3, 0.4) is 0 Å². The summed E-state index contributed by atoms with van der Waals surface area (Å²) in [5, 5.41) is 19.8. The standard InChI is InChI=1S/C32H30N4O4S/c1-4-40-32(39)23-14-16-24(17-15-23)35-30(38)28-21(3)34-31(25(18-33)29(28)22-11-6-5-7-12-22)41-19-27(37)36-26-13-9-8-10-20(26)2/h5-17,29,34H,4,19H2,1-3H3,(H,35,38)(H,36,37)/t29-/m1/s1. The van der Waals surface area contributed by atoms with Crippen LogP contribution in [0.1, 0.15) is 41.3 Å². The molecule has 0 bridgehead atoms. The van der Waals surface area contributed by atoms with E-state index < -0.39 is 11.9 Å². The number of nitrogens with zero attached hydrogens (tertiary/aromatic N) is 1. The Bertz CT molecular complexity index is 1560. The third kappa shape index (κ3) is 7.04. The van der Waals surface area contributed by atoms with Crippen molar-refractivity contribution in [3.8, 4) is 6.07 Å². The molecule has 8 nitrogen and oxygen atoms in total. The topological polar surface area (TPSA) is 120 Å². The first kappa shape index (κ1) is 29.2. The summed E-state index contributed by atoms with van der Waals surface area (Å²) in [4.78, 5) is 38.4. The molecule has 0 unspecified atom stereocenters. The first-order chi connectivity index (χ1) is 19.8. The van der Waals surface area contributed by atoms with E-state index in [2.05, 4.69) is 22.0 Å². The van der Waals surface area contributed by atoms with E-state index >= 15 is 0 Å². The second kappa shape index (κ2) is 13.5. The second-order valence-electron chi connectivity index (χ2n) is 9.27. The van der Waals surface area contributed by atoms with Crippen molar-refractivity contribution in [1.29, 1.82) is 5.26 Å². The molecule has 2 amide bonds. The van der Waals surface area contributed by atoms with Crippen molar-refractivity contribution in [3.63, 3.8) is 0 Å². The summed E-state index contributed by atoms with van der Waals surface area (Å²) in [5.74, 6) is -1.61. The molecule has 3 aromatic carbocycles. The summed E-state index contributed by atoms with van der Waals surface area (Å²) in [6, 6.07) is 25.5. The van der Waals surface area contributed by atoms with E-state index in [1.807, 2.05) is 61.5 Å². The second-order valence-corrected chi connectivity index (χ2v) is 10.3. The van der Waals surface area contributed by atoms with E-state index in [0.717, 1.165) is 16.8 Å². The predicted molar refractivity (Wildman–Crippen MR) is 161 cm³/mol. The van der Waals surface area contributed by atoms with Crippen LogP contribution in [-0.4, -0.2) is 30.1 Å². The molecule has 1 heterocycles. The van der Waals surface area contributed by atoms with Gasteiger partial charge in [0, 0.05) is 22.6 Å². The third-order valence-electron chi connectivity index (χ3n) is 6.45. The van der Waals surface area contributed by atoms with Gasteiger partial charge in [-0.25, -0.2) is 4.79 Å². The number of para-hydroxylation sites is 1. The van der Waals surface area contributed by atoms with Gasteiger partial charge in [-0.2, -0.15) is 5.26 Å². The molecule has 0 saturated carbocycles. The minimum absolute atomic E-state index is 0.0744. The number of allylic oxidation sites excluding steroid dienone is 2. The lowest BCUT2D eigenvalue weighted by molar-refractivity contribution is -0.114. The molecule has 1 atom stereocenters. The Morgan fingerprint density at radius 3 is 2.29 bits per heavy atom. The molecule has 0 radical (unpaired) electrons. The van der Waals surface area contributed by atoms with Gasteiger partial charge in [0.05, 0.1) is 40.5 Å². The number of carbonyl (C=O) groups is 3. The van der Waals surface area contributed by atoms with Crippen molar-refractivity contribution >= 4 is 40.9 Å². The van der Waals surface area contributed by atoms with Crippen LogP contribution in [0.25, 0.3) is 0 Å². The number of ether oxygens (including phenoxy) is 1. The van der Waals surface area contributed by atoms with Gasteiger partial charge < -0.3 is 20.7 Å². The fraction of sp³-hybridized carbons (Fsp3) is 0.188. The highest BCUT2D eigenvalue weighted by Gasteiger charge is 2.34. The van der Waals surface area contributed by atoms with Gasteiger partial charge >= 0.3 is 5.97 Å². The summed E-state index contributed by atoms with van der Waals surface area (Å²) in [6.45, 7) is 5.70. The quantitative estimate of drug-likeness (QED) is 0.277. The fourth-order valence-corrected chi connectivity index (χ4v) is 5.34. The molecule has 0 aromatic heterocycles. The molecular formula is C32H30N4O4S. The molecule has 3 aromatic rings. The van der Waals surface area contributed by atoms with Crippen molar-refractivity contribution in [2.45, 2.75) is 26.7 Å². The van der Waals surface area contributed by atoms with Crippen molar-refractivity contribution < 1.29 is 19.1 Å². The van der Waals surface area contributed by atoms with Gasteiger partial charge in [0.25, 0.3) is 5.91 Å². The zero-order chi connectivity index (χ0) is 29.4. The van der Waals surface area contributed by atoms with Crippen LogP contribution in [0, 0.1) is 18.3 Å². The molecule has 0 spiro atoms. The Balaban J connectivity index is 1.58. The number of esters is 1. The molecule has 208 valence electrons. The maximum Gasteiger partial charge on any atom is 0.338 e. The number of rotatable bonds is 9. The fourth-order valence-electron chi connectivity index (χ4n) is 4.45. The molecule has 1 aliphatic heterocycles. The van der Waals surface area contributed by atoms with E-state index in [0.29, 0.717) is 33.1 Å². The van der Waals surface area contributed by atoms with Gasteiger partial charge in [0.2, 0.25) is 5.91 Å². The molecule has 0 saturated heterocycles. The molecule has 0 fully saturated rings. The van der Waals surface area contributed by atoms with Gasteiger partial charge in [0.15, 0.2) is 0 Å². The van der Waals surface area contributed by atoms with Crippen molar-refractivity contribution in [1.82, 2.24) is 5.32 Å². The Labute approximate surface area is 243 Å². The van der Waals surface area contributed by atoms with Crippen LogP contribution in [0.4, 0.5) is 11.4 Å². The number of aryl methyl sites for hydroxylation is 1. The van der Waals surface area contributed by atoms with Crippen molar-refractivity contribution in [2.75, 3.05) is 23.0 Å². The van der Waals surface area contributed by atoms with Gasteiger partial charge in [-0.05, 0) is 62.2 Å². The molecular weight excluding hydrogens is 536 g/mol. The molecule has 4 rings (SSSR count). The normalized spacial score (nSPS) is 14.5. The predicted octanol–water partition coefficient (Wildman–Crippen LogP) is 5.88. The Kier molecular flexibility index (Phi) is 9.61. The van der Waals surface area contributed by atoms with Crippen LogP contribution in [-0.2, 0) is 14.3 Å². The monoisotopic (exact) mass is 566 g/mol. The maximum atomic E-state index is 13.6. The Morgan fingerprint density at radius 1 is 0.951 bits per heavy atom. The van der Waals surface area contributed by atoms with Crippen LogP contribution in [0.5, 0.6) is 0 Å². The summed E-state index contributed by atoms with van der Waals surface area (Å²) < 4.78 is 5.02. The van der Waals surface area contributed by atoms with Crippen LogP contribution < -0.4 is 16.0 Å². The van der Waals surface area contributed by atoms with Gasteiger partial charge in [-0.15, -0.1) is 0 Å². The first-order valence-corrected chi connectivity index (χ1v) is 14.0. The summed E-state index contributed by atoms with van der Waals surface area (Å²) in [6.07, 6.45) is 0. The molecule has 0 aliphatic carbocycles. The molecule has 1 aliphatic rings. The van der Waals surface area contributed by atoms with Crippen LogP contribution >= 0.6 is 11.8 Å². The largest absolute Gasteiger partial charge is 0.462 e. The van der Waals surface area contributed by atoms with Gasteiger partial charge in [0.1, 0.15) is 0 Å². The number of thioether (sulfide) groups is 1. The lowest BCUT2D eigenvalue weighted by Gasteiger charge is -2.30. The number of nitriles is 1. The van der Waals surface area contributed by atoms with E-state index in [-0.39, 0.29) is 24.2 Å². The number of dihydropyridines is 1. The number of nitrogens with one attached hydrogen (secondary N) is 3. The van der Waals surface area contributed by atoms with Gasteiger partial charge in [-0.1, -0.05) is 60.3 Å². The number of anilines is 2. The molecule has 3 N–H and O–H groups in total. The lowest BCUT2D eigenvalue weighted by Crippen LogP contribution is -2.31. The maximum absolute atomic E-state index is 13.6. The number of benzene rings is 3. The van der Waals surface area contributed by atoms with Crippen molar-refractivity contribution in [3.05, 3.63) is 117 Å². The highest BCUT2D eigenvalue weighted by Crippen LogP contribution is 2.41. The van der Waals surface area contributed by atoms with Crippen molar-refractivity contribution in [2.24, 2.45) is 0 Å². The number of amides is 2. The Morgan fingerprint density at radius 2 is 1.63 bits per heavy atom. The van der Waals surface area contributed by atoms with Crippen LogP contribution in [0.15, 0.2) is 101 Å². The molecule has 9 heteroatoms. The minimum atomic E-state index is -0.650. The number of carbonyl (C=O) groups excluding carboxylic acids is 3. The van der Waals surface area contributed by atoms with Crippen LogP contribution in [0.2, 0.25) is 0 Å². The summed E-state index contributed by atoms with van der Waals surface area (Å²) in [5.41, 5.74) is 4.63. The first-order valence-electron chi connectivity index (χ1n) is 13.1. The van der Waals surface area contributed by atoms with E-state index in [1.54, 1.807) is 38.1 Å². The smallest absolute Gasteiger partial charge is 0.338 e. The summed E-state index contributed by atoms with van der Waals surface area (Å²) in [7, 11) is 0. The van der Waals surface area contributed by atoms with E-state index in [4.69, 9.17) is 4.74 Å². The zero-order valence-electron chi connectivity index (χ0n) is 23.0. The van der Waals surface area contributed by atoms with E-state index in [1.165, 1.54) is 11.8 Å². The number of hydrogen-bond acceptors (Lipinski definition) is 7. The highest BCUT2D eigenvalue weighted by atomic mass is 32.2. The highest BCUT2D eigenvalue weighted by molar-refractivity contribution is 8.03. The Hall–Kier alpha value is -4.81. The lowest BCUT2D eigenvalue weighted by atomic mass is 9.82. The van der Waals surface area contributed by atoms with E-state index in [9.17, 15) is 19.6 Å².